The Morgan fingerprint density at radius 1 is 1.03 bits per heavy atom. The van der Waals surface area contributed by atoms with E-state index in [1.54, 1.807) is 54.6 Å². The monoisotopic (exact) mass is 459 g/mol. The fourth-order valence-corrected chi connectivity index (χ4v) is 4.04. The maximum atomic E-state index is 11.9. The average molecular weight is 460 g/mol. The van der Waals surface area contributed by atoms with Crippen molar-refractivity contribution in [3.63, 3.8) is 0 Å². The molecule has 152 valence electrons. The van der Waals surface area contributed by atoms with Crippen LogP contribution in [0.4, 0.5) is 10.5 Å². The van der Waals surface area contributed by atoms with Crippen molar-refractivity contribution < 1.29 is 17.6 Å². The summed E-state index contributed by atoms with van der Waals surface area (Å²) in [5, 5.41) is 8.18. The van der Waals surface area contributed by atoms with E-state index in [9.17, 15) is 13.2 Å². The van der Waals surface area contributed by atoms with Gasteiger partial charge in [-0.05, 0) is 78.5 Å². The number of nitrogens with one attached hydrogen (secondary N) is 1. The summed E-state index contributed by atoms with van der Waals surface area (Å²) in [6.07, 6.45) is 1.71. The van der Waals surface area contributed by atoms with E-state index in [0.29, 0.717) is 38.5 Å². The molecule has 3 aromatic rings. The minimum Gasteiger partial charge on any atom is -0.457 e. The van der Waals surface area contributed by atoms with Crippen molar-refractivity contribution in [1.82, 2.24) is 5.32 Å². The molecule has 3 N–H and O–H groups in total. The summed E-state index contributed by atoms with van der Waals surface area (Å²) in [6.45, 7) is 0. The number of amidine groups is 1. The van der Waals surface area contributed by atoms with Crippen LogP contribution in [-0.4, -0.2) is 19.5 Å². The molecule has 0 saturated carbocycles. The predicted octanol–water partition coefficient (Wildman–Crippen LogP) is 4.77. The number of aliphatic imine (C=N–C) groups is 1. The third kappa shape index (κ3) is 4.65. The molecule has 0 radical (unpaired) electrons. The van der Waals surface area contributed by atoms with Gasteiger partial charge in [-0.1, -0.05) is 11.6 Å². The quantitative estimate of drug-likeness (QED) is 0.582. The van der Waals surface area contributed by atoms with E-state index in [-0.39, 0.29) is 10.1 Å². The number of carbonyl (C=O) groups excluding carboxylic acids is 1. The number of sulfonamides is 1. The third-order valence-corrected chi connectivity index (χ3v) is 6.09. The zero-order valence-corrected chi connectivity index (χ0v) is 17.6. The molecule has 0 spiro atoms. The van der Waals surface area contributed by atoms with Crippen LogP contribution < -0.4 is 10.5 Å². The van der Waals surface area contributed by atoms with Gasteiger partial charge in [-0.25, -0.2) is 18.5 Å². The highest BCUT2D eigenvalue weighted by atomic mass is 35.5. The van der Waals surface area contributed by atoms with E-state index in [1.165, 1.54) is 12.1 Å². The van der Waals surface area contributed by atoms with Crippen LogP contribution in [0.15, 0.2) is 79.9 Å². The van der Waals surface area contributed by atoms with Crippen LogP contribution in [0.2, 0.25) is 5.02 Å². The molecule has 2 heterocycles. The minimum absolute atomic E-state index is 0.0233. The topological polar surface area (TPSA) is 115 Å². The number of hydrogen-bond donors (Lipinski definition) is 2. The SMILES string of the molecule is NS(=O)(=O)c1ccc(-c2ccc(/C=C3\SC(=O)NC3=Nc3ccc(Cl)cc3)o2)cc1. The highest BCUT2D eigenvalue weighted by molar-refractivity contribution is 8.18. The third-order valence-electron chi connectivity index (χ3n) is 4.09. The molecule has 10 heteroatoms. The van der Waals surface area contributed by atoms with Gasteiger partial charge in [0, 0.05) is 10.6 Å². The molecule has 4 rings (SSSR count). The van der Waals surface area contributed by atoms with Gasteiger partial charge in [0.1, 0.15) is 17.4 Å². The average Bonchev–Trinajstić information content (AvgIpc) is 3.30. The van der Waals surface area contributed by atoms with Crippen molar-refractivity contribution in [3.05, 3.63) is 76.4 Å². The molecule has 2 aromatic carbocycles. The Morgan fingerprint density at radius 3 is 2.40 bits per heavy atom. The minimum atomic E-state index is -3.75. The molecule has 1 aromatic heterocycles. The molecule has 1 amide bonds. The van der Waals surface area contributed by atoms with Gasteiger partial charge in [0.2, 0.25) is 10.0 Å². The number of amides is 1. The fraction of sp³-hybridized carbons (Fsp3) is 0. The number of carbonyl (C=O) groups is 1. The molecule has 0 unspecified atom stereocenters. The number of hydrogen-bond acceptors (Lipinski definition) is 6. The molecule has 1 saturated heterocycles. The molecule has 1 fully saturated rings. The normalized spacial score (nSPS) is 16.9. The first-order chi connectivity index (χ1) is 14.3. The number of benzene rings is 2. The number of halogens is 1. The van der Waals surface area contributed by atoms with E-state index < -0.39 is 10.0 Å². The first-order valence-electron chi connectivity index (χ1n) is 8.56. The summed E-state index contributed by atoms with van der Waals surface area (Å²) >= 11 is 6.90. The maximum Gasteiger partial charge on any atom is 0.289 e. The highest BCUT2D eigenvalue weighted by Crippen LogP contribution is 2.31. The van der Waals surface area contributed by atoms with Crippen LogP contribution in [0.25, 0.3) is 17.4 Å². The fourth-order valence-electron chi connectivity index (χ4n) is 2.68. The van der Waals surface area contributed by atoms with E-state index in [4.69, 9.17) is 21.2 Å². The first kappa shape index (κ1) is 20.4. The second-order valence-electron chi connectivity index (χ2n) is 6.23. The zero-order chi connectivity index (χ0) is 21.3. The largest absolute Gasteiger partial charge is 0.457 e. The lowest BCUT2D eigenvalue weighted by molar-refractivity contribution is 0.265. The molecule has 0 aliphatic carbocycles. The van der Waals surface area contributed by atoms with Gasteiger partial charge >= 0.3 is 0 Å². The van der Waals surface area contributed by atoms with E-state index in [0.717, 1.165) is 11.8 Å². The van der Waals surface area contributed by atoms with Gasteiger partial charge in [0.05, 0.1) is 15.5 Å². The molecule has 0 atom stereocenters. The van der Waals surface area contributed by atoms with Gasteiger partial charge in [-0.15, -0.1) is 0 Å². The van der Waals surface area contributed by atoms with Gasteiger partial charge in [0.15, 0.2) is 0 Å². The summed E-state index contributed by atoms with van der Waals surface area (Å²) < 4.78 is 28.6. The van der Waals surface area contributed by atoms with Crippen molar-refractivity contribution in [2.75, 3.05) is 0 Å². The number of primary sulfonamides is 1. The van der Waals surface area contributed by atoms with Gasteiger partial charge in [-0.3, -0.25) is 4.79 Å². The van der Waals surface area contributed by atoms with Crippen molar-refractivity contribution in [1.29, 1.82) is 0 Å². The second-order valence-corrected chi connectivity index (χ2v) is 9.24. The number of nitrogens with two attached hydrogens (primary N) is 1. The van der Waals surface area contributed by atoms with Crippen molar-refractivity contribution in [2.45, 2.75) is 4.90 Å². The van der Waals surface area contributed by atoms with E-state index in [2.05, 4.69) is 10.3 Å². The number of thioether (sulfide) groups is 1. The van der Waals surface area contributed by atoms with Crippen LogP contribution in [0.3, 0.4) is 0 Å². The predicted molar refractivity (Wildman–Crippen MR) is 118 cm³/mol. The molecular weight excluding hydrogens is 446 g/mol. The van der Waals surface area contributed by atoms with Crippen LogP contribution in [0.1, 0.15) is 5.76 Å². The van der Waals surface area contributed by atoms with Crippen molar-refractivity contribution in [2.24, 2.45) is 10.1 Å². The van der Waals surface area contributed by atoms with Gasteiger partial charge in [-0.2, -0.15) is 0 Å². The Morgan fingerprint density at radius 2 is 1.73 bits per heavy atom. The molecule has 1 aliphatic heterocycles. The first-order valence-corrected chi connectivity index (χ1v) is 11.3. The van der Waals surface area contributed by atoms with Gasteiger partial charge in [0.25, 0.3) is 5.24 Å². The molecule has 1 aliphatic rings. The highest BCUT2D eigenvalue weighted by Gasteiger charge is 2.24. The van der Waals surface area contributed by atoms with Crippen LogP contribution in [-0.2, 0) is 10.0 Å². The number of furan rings is 1. The van der Waals surface area contributed by atoms with Crippen LogP contribution >= 0.6 is 23.4 Å². The Bertz CT molecular complexity index is 1280. The number of nitrogens with zero attached hydrogens (tertiary/aromatic N) is 1. The lowest BCUT2D eigenvalue weighted by Gasteiger charge is -2.01. The summed E-state index contributed by atoms with van der Waals surface area (Å²) in [7, 11) is -3.75. The van der Waals surface area contributed by atoms with E-state index in [1.807, 2.05) is 0 Å². The maximum absolute atomic E-state index is 11.9. The summed E-state index contributed by atoms with van der Waals surface area (Å²) in [5.74, 6) is 1.48. The summed E-state index contributed by atoms with van der Waals surface area (Å²) in [6, 6.07) is 16.5. The van der Waals surface area contributed by atoms with Crippen molar-refractivity contribution in [3.8, 4) is 11.3 Å². The number of rotatable bonds is 4. The smallest absolute Gasteiger partial charge is 0.289 e. The zero-order valence-electron chi connectivity index (χ0n) is 15.2. The Labute approximate surface area is 181 Å². The molecule has 0 bridgehead atoms. The Balaban J connectivity index is 1.60. The van der Waals surface area contributed by atoms with Gasteiger partial charge < -0.3 is 9.73 Å². The summed E-state index contributed by atoms with van der Waals surface area (Å²) in [4.78, 5) is 16.9. The molecule has 7 nitrogen and oxygen atoms in total. The van der Waals surface area contributed by atoms with Crippen LogP contribution in [0, 0.1) is 0 Å². The summed E-state index contributed by atoms with van der Waals surface area (Å²) in [5.41, 5.74) is 1.34. The second kappa shape index (κ2) is 8.11. The van der Waals surface area contributed by atoms with E-state index >= 15 is 0 Å². The molecular formula is C20H14ClN3O4S2. The Kier molecular flexibility index (Phi) is 5.52. The molecule has 30 heavy (non-hydrogen) atoms. The Hall–Kier alpha value is -2.85. The van der Waals surface area contributed by atoms with Crippen LogP contribution in [0.5, 0.6) is 0 Å². The van der Waals surface area contributed by atoms with Crippen molar-refractivity contribution >= 4 is 56.2 Å². The standard InChI is InChI=1S/C20H14ClN3O4S2/c21-13-3-5-14(6-4-13)23-19-18(29-20(25)24-19)11-15-7-10-17(28-15)12-1-8-16(9-2-12)30(22,26)27/h1-11H,(H2,22,26,27)(H,23,24,25)/b18-11-. The lowest BCUT2D eigenvalue weighted by atomic mass is 10.2. The lowest BCUT2D eigenvalue weighted by Crippen LogP contribution is -2.18.